The van der Waals surface area contributed by atoms with Crippen molar-refractivity contribution in [1.29, 1.82) is 0 Å². The molecule has 10 atom stereocenters. The molecule has 0 radical (unpaired) electrons. The van der Waals surface area contributed by atoms with Crippen LogP contribution in [0.1, 0.15) is 113 Å². The number of carbonyl (C=O) groups excluding carboxylic acids is 1. The van der Waals surface area contributed by atoms with E-state index in [0.717, 1.165) is 88.9 Å². The summed E-state index contributed by atoms with van der Waals surface area (Å²) in [6, 6.07) is 0.475. The molecule has 4 rings (SSSR count). The van der Waals surface area contributed by atoms with Crippen LogP contribution in [0.15, 0.2) is 22.8 Å². The zero-order valence-electron chi connectivity index (χ0n) is 31.1. The summed E-state index contributed by atoms with van der Waals surface area (Å²) in [4.78, 5) is 25.2. The molecule has 0 amide bonds. The van der Waals surface area contributed by atoms with Crippen LogP contribution >= 0.6 is 0 Å². The number of nitrogens with one attached hydrogen (secondary N) is 3. The van der Waals surface area contributed by atoms with Crippen LogP contribution in [0.5, 0.6) is 0 Å². The minimum absolute atomic E-state index is 0.0150. The number of aliphatic carboxylic acids is 1. The third-order valence-electron chi connectivity index (χ3n) is 13.6. The highest BCUT2D eigenvalue weighted by Crippen LogP contribution is 2.74. The summed E-state index contributed by atoms with van der Waals surface area (Å²) < 4.78 is 5.97. The lowest BCUT2D eigenvalue weighted by Gasteiger charge is -2.69. The van der Waals surface area contributed by atoms with Crippen LogP contribution in [-0.4, -0.2) is 79.7 Å². The second-order valence-corrected chi connectivity index (χ2v) is 16.6. The number of allylic oxidation sites excluding steroid dienone is 2. The number of aliphatic hydroxyl groups is 1. The number of nitrogens with two attached hydrogens (primary N) is 1. The van der Waals surface area contributed by atoms with Crippen molar-refractivity contribution >= 4 is 11.9 Å². The fraction of sp³-hybridized carbons (Fsp3) is 0.846. The van der Waals surface area contributed by atoms with Crippen LogP contribution < -0.4 is 21.7 Å². The number of aliphatic hydroxyl groups excluding tert-OH is 1. The van der Waals surface area contributed by atoms with E-state index in [-0.39, 0.29) is 34.1 Å². The summed E-state index contributed by atoms with van der Waals surface area (Å²) in [6.45, 7) is 20.7. The lowest BCUT2D eigenvalue weighted by atomic mass is 9.36. The zero-order chi connectivity index (χ0) is 35.3. The van der Waals surface area contributed by atoms with Gasteiger partial charge in [-0.1, -0.05) is 39.3 Å². The topological polar surface area (TPSA) is 146 Å². The molecule has 0 heterocycles. The molecule has 9 nitrogen and oxygen atoms in total. The summed E-state index contributed by atoms with van der Waals surface area (Å²) in [7, 11) is 0. The molecule has 274 valence electrons. The van der Waals surface area contributed by atoms with Gasteiger partial charge in [0.1, 0.15) is 6.10 Å². The summed E-state index contributed by atoms with van der Waals surface area (Å²) >= 11 is 0. The number of esters is 1. The van der Waals surface area contributed by atoms with Crippen LogP contribution in [0.2, 0.25) is 0 Å². The number of fused-ring (bicyclic) bond motifs is 5. The summed E-state index contributed by atoms with van der Waals surface area (Å²) in [6.07, 6.45) is 9.50. The van der Waals surface area contributed by atoms with Crippen molar-refractivity contribution in [3.63, 3.8) is 0 Å². The molecule has 48 heavy (non-hydrogen) atoms. The van der Waals surface area contributed by atoms with E-state index in [1.807, 2.05) is 13.8 Å². The second-order valence-electron chi connectivity index (χ2n) is 16.6. The predicted octanol–water partition coefficient (Wildman–Crippen LogP) is 5.18. The van der Waals surface area contributed by atoms with Crippen LogP contribution in [0.25, 0.3) is 0 Å². The molecular formula is C39H68N4O5. The first kappa shape index (κ1) is 39.0. The largest absolute Gasteiger partial charge is 0.478 e. The van der Waals surface area contributed by atoms with Crippen LogP contribution in [0, 0.1) is 39.9 Å². The van der Waals surface area contributed by atoms with Gasteiger partial charge in [0.05, 0.1) is 6.10 Å². The molecule has 0 aromatic rings. The molecule has 9 heteroatoms. The quantitative estimate of drug-likeness (QED) is 0.0565. The molecule has 7 N–H and O–H groups in total. The maximum Gasteiger partial charge on any atom is 0.331 e. The van der Waals surface area contributed by atoms with Crippen molar-refractivity contribution in [2.75, 3.05) is 39.3 Å². The van der Waals surface area contributed by atoms with E-state index in [4.69, 9.17) is 10.5 Å². The normalized spacial score (nSPS) is 38.4. The fourth-order valence-corrected chi connectivity index (χ4v) is 11.3. The number of rotatable bonds is 16. The average molecular weight is 673 g/mol. The fourth-order valence-electron chi connectivity index (χ4n) is 11.3. The van der Waals surface area contributed by atoms with Gasteiger partial charge < -0.3 is 36.6 Å². The minimum Gasteiger partial charge on any atom is -0.478 e. The van der Waals surface area contributed by atoms with Crippen molar-refractivity contribution < 1.29 is 24.5 Å². The van der Waals surface area contributed by atoms with E-state index in [1.165, 1.54) is 6.92 Å². The zero-order valence-corrected chi connectivity index (χ0v) is 31.1. The molecule has 4 saturated carbocycles. The van der Waals surface area contributed by atoms with Gasteiger partial charge in [-0.2, -0.15) is 0 Å². The Hall–Kier alpha value is -1.78. The van der Waals surface area contributed by atoms with Gasteiger partial charge in [0, 0.05) is 31.6 Å². The average Bonchev–Trinajstić information content (AvgIpc) is 3.27. The lowest BCUT2D eigenvalue weighted by Crippen LogP contribution is -2.66. The minimum atomic E-state index is -0.934. The third-order valence-corrected chi connectivity index (χ3v) is 13.6. The molecule has 0 spiro atoms. The smallest absolute Gasteiger partial charge is 0.331 e. The number of hydrogen-bond donors (Lipinski definition) is 6. The van der Waals surface area contributed by atoms with Crippen LogP contribution in [-0.2, 0) is 14.3 Å². The Bertz CT molecular complexity index is 1180. The summed E-state index contributed by atoms with van der Waals surface area (Å²) in [5, 5.41) is 33.6. The Balaban J connectivity index is 1.50. The Kier molecular flexibility index (Phi) is 13.4. The van der Waals surface area contributed by atoms with Gasteiger partial charge in [0.15, 0.2) is 0 Å². The molecule has 0 saturated heterocycles. The summed E-state index contributed by atoms with van der Waals surface area (Å²) in [5.74, 6) is -0.329. The van der Waals surface area contributed by atoms with E-state index in [2.05, 4.69) is 49.7 Å². The second kappa shape index (κ2) is 16.5. The van der Waals surface area contributed by atoms with E-state index >= 15 is 0 Å². The maximum absolute atomic E-state index is 12.8. The van der Waals surface area contributed by atoms with Crippen molar-refractivity contribution in [2.24, 2.45) is 45.7 Å². The molecule has 4 aliphatic carbocycles. The predicted molar refractivity (Wildman–Crippen MR) is 192 cm³/mol. The maximum atomic E-state index is 12.8. The van der Waals surface area contributed by atoms with Crippen LogP contribution in [0.4, 0.5) is 0 Å². The highest BCUT2D eigenvalue weighted by molar-refractivity contribution is 5.88. The molecule has 0 aliphatic heterocycles. The highest BCUT2D eigenvalue weighted by atomic mass is 16.5. The Morgan fingerprint density at radius 1 is 0.979 bits per heavy atom. The lowest BCUT2D eigenvalue weighted by molar-refractivity contribution is -0.227. The first-order valence-electron chi connectivity index (χ1n) is 19.0. The molecule has 4 fully saturated rings. The van der Waals surface area contributed by atoms with Gasteiger partial charge >= 0.3 is 11.9 Å². The van der Waals surface area contributed by atoms with E-state index in [0.29, 0.717) is 49.1 Å². The van der Waals surface area contributed by atoms with Gasteiger partial charge in [0.25, 0.3) is 0 Å². The molecular weight excluding hydrogens is 604 g/mol. The van der Waals surface area contributed by atoms with Gasteiger partial charge in [-0.3, -0.25) is 4.79 Å². The van der Waals surface area contributed by atoms with Crippen molar-refractivity contribution in [2.45, 2.75) is 131 Å². The van der Waals surface area contributed by atoms with E-state index < -0.39 is 18.2 Å². The Morgan fingerprint density at radius 2 is 1.67 bits per heavy atom. The van der Waals surface area contributed by atoms with Gasteiger partial charge in [0.2, 0.25) is 0 Å². The van der Waals surface area contributed by atoms with Crippen molar-refractivity contribution in [3.8, 4) is 0 Å². The number of carboxylic acid groups (broad SMARTS) is 1. The van der Waals surface area contributed by atoms with E-state index in [9.17, 15) is 19.8 Å². The standard InChI is InChI=1S/C39H68N4O5/c1-25(2)11-8-12-28(36(46)47)34-30-23-32(45)35-37(5)15-14-31(43-20-10-19-42-22-21-41-18-9-17-40)26(3)29(37)13-16-38(35,6)39(30,7)24-33(34)48-27(4)44/h11,26,29-33,35,41-43,45H,8-10,12-24,40H2,1-7H3,(H,46,47)/b34-28-/t26-,29?,30?,31?,32+,33-,35?,37-,38-,39-/m0/s1. The number of ether oxygens (including phenoxy) is 1. The SMILES string of the molecule is CC(=O)O[C@H]1C[C@@]2(C)C(C[C@@H](O)C3[C@@]4(C)CCC(NCCCNCCNCCCN)[C@@H](C)C4CC[C@@]32C)/C1=C(\CCC=C(C)C)C(=O)O. The Labute approximate surface area is 290 Å². The van der Waals surface area contributed by atoms with Gasteiger partial charge in [-0.25, -0.2) is 4.79 Å². The van der Waals surface area contributed by atoms with Gasteiger partial charge in [-0.15, -0.1) is 0 Å². The molecule has 0 bridgehead atoms. The summed E-state index contributed by atoms with van der Waals surface area (Å²) in [5.41, 5.74) is 7.32. The molecule has 4 aliphatic rings. The van der Waals surface area contributed by atoms with Crippen molar-refractivity contribution in [1.82, 2.24) is 16.0 Å². The third kappa shape index (κ3) is 7.91. The first-order chi connectivity index (χ1) is 22.7. The molecule has 0 aromatic carbocycles. The number of carboxylic acids is 1. The molecule has 0 aromatic heterocycles. The van der Waals surface area contributed by atoms with Crippen molar-refractivity contribution in [3.05, 3.63) is 22.8 Å². The van der Waals surface area contributed by atoms with E-state index in [1.54, 1.807) is 0 Å². The Morgan fingerprint density at radius 3 is 2.29 bits per heavy atom. The number of hydrogen-bond acceptors (Lipinski definition) is 8. The monoisotopic (exact) mass is 673 g/mol. The van der Waals surface area contributed by atoms with Crippen LogP contribution in [0.3, 0.4) is 0 Å². The molecule has 4 unspecified atom stereocenters. The highest BCUT2D eigenvalue weighted by Gasteiger charge is 2.70. The van der Waals surface area contributed by atoms with Gasteiger partial charge in [-0.05, 0) is 150 Å². The first-order valence-corrected chi connectivity index (χ1v) is 19.0. The number of carbonyl (C=O) groups is 2.